The first-order chi connectivity index (χ1) is 14.9. The molecular weight excluding hydrogens is 407 g/mol. The van der Waals surface area contributed by atoms with Crippen LogP contribution in [0.25, 0.3) is 11.1 Å². The van der Waals surface area contributed by atoms with Gasteiger partial charge in [0.1, 0.15) is 6.61 Å². The number of fused-ring (bicyclic) bond motifs is 3. The number of carbonyl (C=O) groups is 1. The second kappa shape index (κ2) is 8.43. The molecule has 0 heterocycles. The minimum atomic E-state index is -4.91. The van der Waals surface area contributed by atoms with E-state index in [9.17, 15) is 23.1 Å². The maximum absolute atomic E-state index is 13.2. The molecule has 0 fully saturated rings. The van der Waals surface area contributed by atoms with E-state index in [1.165, 1.54) is 24.3 Å². The molecule has 4 rings (SSSR count). The lowest BCUT2D eigenvalue weighted by atomic mass is 9.98. The van der Waals surface area contributed by atoms with E-state index in [-0.39, 0.29) is 18.1 Å². The summed E-state index contributed by atoms with van der Waals surface area (Å²) in [4.78, 5) is 12.4. The lowest BCUT2D eigenvalue weighted by Gasteiger charge is -2.26. The molecule has 2 atom stereocenters. The predicted molar refractivity (Wildman–Crippen MR) is 109 cm³/mol. The highest BCUT2D eigenvalue weighted by molar-refractivity contribution is 5.79. The molecule has 3 aromatic rings. The lowest BCUT2D eigenvalue weighted by molar-refractivity contribution is -0.212. The number of rotatable bonds is 5. The van der Waals surface area contributed by atoms with Crippen LogP contribution in [0, 0.1) is 0 Å². The summed E-state index contributed by atoms with van der Waals surface area (Å²) in [6.07, 6.45) is -8.70. The summed E-state index contributed by atoms with van der Waals surface area (Å²) in [5.41, 5.74) is 4.20. The Morgan fingerprint density at radius 3 is 1.97 bits per heavy atom. The summed E-state index contributed by atoms with van der Waals surface area (Å²) in [5.74, 6) is -0.221. The molecule has 0 bridgehead atoms. The van der Waals surface area contributed by atoms with Crippen LogP contribution < -0.4 is 5.32 Å². The van der Waals surface area contributed by atoms with Crippen LogP contribution in [-0.4, -0.2) is 30.1 Å². The minimum Gasteiger partial charge on any atom is -0.449 e. The Morgan fingerprint density at radius 2 is 1.42 bits per heavy atom. The number of alkyl halides is 3. The van der Waals surface area contributed by atoms with Gasteiger partial charge in [0.2, 0.25) is 0 Å². The molecule has 3 aromatic carbocycles. The van der Waals surface area contributed by atoms with Crippen LogP contribution in [-0.2, 0) is 4.74 Å². The first kappa shape index (κ1) is 20.9. The highest BCUT2D eigenvalue weighted by Gasteiger charge is 2.45. The minimum absolute atomic E-state index is 0.0382. The average Bonchev–Trinajstić information content (AvgIpc) is 3.09. The smallest absolute Gasteiger partial charge is 0.416 e. The fourth-order valence-corrected chi connectivity index (χ4v) is 3.96. The van der Waals surface area contributed by atoms with Gasteiger partial charge in [0.15, 0.2) is 6.10 Å². The molecule has 0 saturated carbocycles. The number of hydrogen-bond donors (Lipinski definition) is 2. The van der Waals surface area contributed by atoms with Crippen molar-refractivity contribution in [2.24, 2.45) is 0 Å². The Bertz CT molecular complexity index is 1020. The molecule has 4 nitrogen and oxygen atoms in total. The summed E-state index contributed by atoms with van der Waals surface area (Å²) in [6.45, 7) is -0.0382. The van der Waals surface area contributed by atoms with E-state index in [4.69, 9.17) is 4.74 Å². The van der Waals surface area contributed by atoms with Crippen LogP contribution in [0.3, 0.4) is 0 Å². The van der Waals surface area contributed by atoms with Crippen LogP contribution in [0.1, 0.15) is 28.7 Å². The molecule has 1 amide bonds. The first-order valence-electron chi connectivity index (χ1n) is 9.77. The van der Waals surface area contributed by atoms with Gasteiger partial charge < -0.3 is 15.2 Å². The number of nitrogens with one attached hydrogen (secondary N) is 1. The number of benzene rings is 3. The normalized spacial score (nSPS) is 15.0. The van der Waals surface area contributed by atoms with Gasteiger partial charge in [0.05, 0.1) is 6.04 Å². The lowest BCUT2D eigenvalue weighted by Crippen LogP contribution is -2.44. The molecule has 0 aliphatic heterocycles. The molecular formula is C24H20F3NO3. The van der Waals surface area contributed by atoms with E-state index in [0.717, 1.165) is 22.3 Å². The number of amides is 1. The molecule has 1 aliphatic carbocycles. The van der Waals surface area contributed by atoms with Crippen LogP contribution in [0.4, 0.5) is 18.0 Å². The number of aliphatic hydroxyl groups excluding tert-OH is 1. The fraction of sp³-hybridized carbons (Fsp3) is 0.208. The number of alkyl carbamates (subject to hydrolysis) is 1. The molecule has 7 heteroatoms. The fourth-order valence-electron chi connectivity index (χ4n) is 3.96. The summed E-state index contributed by atoms with van der Waals surface area (Å²) >= 11 is 0. The van der Waals surface area contributed by atoms with Crippen LogP contribution in [0.15, 0.2) is 78.9 Å². The van der Waals surface area contributed by atoms with Crippen LogP contribution >= 0.6 is 0 Å². The highest BCUT2D eigenvalue weighted by atomic mass is 19.4. The average molecular weight is 427 g/mol. The summed E-state index contributed by atoms with van der Waals surface area (Å²) in [6, 6.07) is 21.3. The van der Waals surface area contributed by atoms with E-state index in [1.807, 2.05) is 48.5 Å². The number of ether oxygens (including phenoxy) is 1. The second-order valence-electron chi connectivity index (χ2n) is 7.34. The molecule has 0 aromatic heterocycles. The summed E-state index contributed by atoms with van der Waals surface area (Å²) in [7, 11) is 0. The molecule has 0 spiro atoms. The van der Waals surface area contributed by atoms with Crippen molar-refractivity contribution in [2.45, 2.75) is 24.2 Å². The molecule has 0 saturated heterocycles. The molecule has 0 unspecified atom stereocenters. The van der Waals surface area contributed by atoms with Gasteiger partial charge in [-0.25, -0.2) is 4.79 Å². The quantitative estimate of drug-likeness (QED) is 0.589. The number of hydrogen-bond acceptors (Lipinski definition) is 3. The van der Waals surface area contributed by atoms with Crippen molar-refractivity contribution in [1.29, 1.82) is 0 Å². The highest BCUT2D eigenvalue weighted by Crippen LogP contribution is 2.44. The number of halogens is 3. The number of carbonyl (C=O) groups excluding carboxylic acids is 1. The third-order valence-corrected chi connectivity index (χ3v) is 5.43. The van der Waals surface area contributed by atoms with E-state index in [0.29, 0.717) is 0 Å². The zero-order valence-electron chi connectivity index (χ0n) is 16.3. The maximum Gasteiger partial charge on any atom is 0.416 e. The van der Waals surface area contributed by atoms with Gasteiger partial charge in [-0.3, -0.25) is 0 Å². The van der Waals surface area contributed by atoms with Crippen LogP contribution in [0.5, 0.6) is 0 Å². The monoisotopic (exact) mass is 427 g/mol. The largest absolute Gasteiger partial charge is 0.449 e. The zero-order valence-corrected chi connectivity index (χ0v) is 16.3. The summed E-state index contributed by atoms with van der Waals surface area (Å²) in [5, 5.41) is 12.0. The van der Waals surface area contributed by atoms with Crippen molar-refractivity contribution in [3.8, 4) is 11.1 Å². The molecule has 0 radical (unpaired) electrons. The summed E-state index contributed by atoms with van der Waals surface area (Å²) < 4.78 is 44.8. The van der Waals surface area contributed by atoms with E-state index < -0.39 is 24.4 Å². The van der Waals surface area contributed by atoms with E-state index in [2.05, 4.69) is 5.32 Å². The zero-order chi connectivity index (χ0) is 22.0. The van der Waals surface area contributed by atoms with Gasteiger partial charge in [-0.2, -0.15) is 13.2 Å². The van der Waals surface area contributed by atoms with Gasteiger partial charge in [-0.15, -0.1) is 0 Å². The van der Waals surface area contributed by atoms with Crippen molar-refractivity contribution >= 4 is 6.09 Å². The molecule has 160 valence electrons. The van der Waals surface area contributed by atoms with Crippen molar-refractivity contribution in [1.82, 2.24) is 5.32 Å². The topological polar surface area (TPSA) is 58.6 Å². The Hall–Kier alpha value is -3.32. The molecule has 31 heavy (non-hydrogen) atoms. The first-order valence-corrected chi connectivity index (χ1v) is 9.77. The van der Waals surface area contributed by atoms with Crippen LogP contribution in [0.2, 0.25) is 0 Å². The van der Waals surface area contributed by atoms with E-state index >= 15 is 0 Å². The Morgan fingerprint density at radius 1 is 0.903 bits per heavy atom. The predicted octanol–water partition coefficient (Wildman–Crippen LogP) is 5.19. The van der Waals surface area contributed by atoms with Crippen molar-refractivity contribution in [2.75, 3.05) is 6.61 Å². The van der Waals surface area contributed by atoms with Gasteiger partial charge in [-0.1, -0.05) is 78.9 Å². The van der Waals surface area contributed by atoms with Gasteiger partial charge in [0, 0.05) is 5.92 Å². The Balaban J connectivity index is 1.51. The molecule has 1 aliphatic rings. The SMILES string of the molecule is O=C(N[C@@H](c1ccccc1)[C@H](O)C(F)(F)F)OCC1c2ccccc2-c2ccccc21. The third kappa shape index (κ3) is 4.27. The third-order valence-electron chi connectivity index (χ3n) is 5.43. The van der Waals surface area contributed by atoms with Crippen molar-refractivity contribution < 1.29 is 27.8 Å². The second-order valence-corrected chi connectivity index (χ2v) is 7.34. The van der Waals surface area contributed by atoms with Crippen molar-refractivity contribution in [3.05, 3.63) is 95.6 Å². The Labute approximate surface area is 177 Å². The molecule has 2 N–H and O–H groups in total. The van der Waals surface area contributed by atoms with Crippen molar-refractivity contribution in [3.63, 3.8) is 0 Å². The standard InChI is InChI=1S/C24H20F3NO3/c25-24(26,27)22(29)21(15-8-2-1-3-9-15)28-23(30)31-14-20-18-12-6-4-10-16(18)17-11-5-7-13-19(17)20/h1-13,20-22,29H,14H2,(H,28,30)/t21-,22-/m0/s1. The Kier molecular flexibility index (Phi) is 5.69. The number of aliphatic hydroxyl groups is 1. The van der Waals surface area contributed by atoms with Gasteiger partial charge in [0.25, 0.3) is 0 Å². The maximum atomic E-state index is 13.2. The van der Waals surface area contributed by atoms with Gasteiger partial charge in [-0.05, 0) is 27.8 Å². The van der Waals surface area contributed by atoms with Gasteiger partial charge >= 0.3 is 12.3 Å². The van der Waals surface area contributed by atoms with E-state index in [1.54, 1.807) is 6.07 Å².